The largest absolute Gasteiger partial charge is 0.493 e. The van der Waals surface area contributed by atoms with E-state index in [9.17, 15) is 9.59 Å². The van der Waals surface area contributed by atoms with Gasteiger partial charge < -0.3 is 24.3 Å². The highest BCUT2D eigenvalue weighted by atomic mass is 16.5. The van der Waals surface area contributed by atoms with Gasteiger partial charge in [0.15, 0.2) is 11.5 Å². The van der Waals surface area contributed by atoms with Gasteiger partial charge in [0.05, 0.1) is 33.8 Å². The molecule has 0 unspecified atom stereocenters. The Morgan fingerprint density at radius 1 is 1.25 bits per heavy atom. The zero-order valence-corrected chi connectivity index (χ0v) is 14.2. The summed E-state index contributed by atoms with van der Waals surface area (Å²) in [4.78, 5) is 24.0. The molecule has 7 nitrogen and oxygen atoms in total. The lowest BCUT2D eigenvalue weighted by atomic mass is 10.0. The zero-order valence-electron chi connectivity index (χ0n) is 14.2. The molecule has 1 fully saturated rings. The van der Waals surface area contributed by atoms with Gasteiger partial charge >= 0.3 is 5.97 Å². The molecule has 0 aromatic heterocycles. The van der Waals surface area contributed by atoms with E-state index in [1.54, 1.807) is 25.3 Å². The first-order chi connectivity index (χ1) is 11.6. The number of hydrogen-bond acceptors (Lipinski definition) is 6. The van der Waals surface area contributed by atoms with Crippen LogP contribution in [0.1, 0.15) is 30.9 Å². The summed E-state index contributed by atoms with van der Waals surface area (Å²) in [5.74, 6) is 0.457. The number of benzene rings is 1. The number of hydrogen-bond donors (Lipinski definition) is 1. The van der Waals surface area contributed by atoms with E-state index in [-0.39, 0.29) is 12.3 Å². The van der Waals surface area contributed by atoms with Gasteiger partial charge in [0.25, 0.3) is 0 Å². The molecule has 0 saturated carbocycles. The Morgan fingerprint density at radius 3 is 2.58 bits per heavy atom. The van der Waals surface area contributed by atoms with Crippen LogP contribution in [0.15, 0.2) is 18.2 Å². The van der Waals surface area contributed by atoms with E-state index in [1.165, 1.54) is 14.2 Å². The lowest BCUT2D eigenvalue weighted by Crippen LogP contribution is -2.37. The number of methoxy groups -OCH3 is 3. The van der Waals surface area contributed by atoms with Crippen LogP contribution in [-0.2, 0) is 19.1 Å². The Balaban J connectivity index is 2.21. The van der Waals surface area contributed by atoms with Crippen LogP contribution in [0.5, 0.6) is 11.5 Å². The maximum absolute atomic E-state index is 12.3. The van der Waals surface area contributed by atoms with Gasteiger partial charge in [-0.3, -0.25) is 9.59 Å². The summed E-state index contributed by atoms with van der Waals surface area (Å²) in [6.07, 6.45) is 1.09. The molecule has 0 spiro atoms. The molecular weight excluding hydrogens is 314 g/mol. The van der Waals surface area contributed by atoms with Crippen LogP contribution in [0, 0.1) is 0 Å². The topological polar surface area (TPSA) is 83.1 Å². The first kappa shape index (κ1) is 18.1. The molecule has 1 aliphatic rings. The molecule has 132 valence electrons. The van der Waals surface area contributed by atoms with E-state index < -0.39 is 18.1 Å². The second-order valence-electron chi connectivity index (χ2n) is 5.46. The fourth-order valence-electron chi connectivity index (χ4n) is 2.62. The molecule has 1 saturated heterocycles. The molecular formula is C17H23NO6. The van der Waals surface area contributed by atoms with Crippen molar-refractivity contribution < 1.29 is 28.5 Å². The fraction of sp³-hybridized carbons (Fsp3) is 0.529. The summed E-state index contributed by atoms with van der Waals surface area (Å²) in [5.41, 5.74) is 0.726. The molecule has 0 radical (unpaired) electrons. The van der Waals surface area contributed by atoms with Gasteiger partial charge in [0, 0.05) is 6.61 Å². The minimum atomic E-state index is -0.533. The average molecular weight is 337 g/mol. The van der Waals surface area contributed by atoms with Crippen molar-refractivity contribution in [2.45, 2.75) is 31.4 Å². The van der Waals surface area contributed by atoms with Crippen LogP contribution in [0.2, 0.25) is 0 Å². The van der Waals surface area contributed by atoms with Crippen molar-refractivity contribution in [3.8, 4) is 11.5 Å². The van der Waals surface area contributed by atoms with Gasteiger partial charge in [-0.1, -0.05) is 6.07 Å². The second-order valence-corrected chi connectivity index (χ2v) is 5.46. The Morgan fingerprint density at radius 2 is 2.00 bits per heavy atom. The Bertz CT molecular complexity index is 582. The first-order valence-corrected chi connectivity index (χ1v) is 7.79. The molecule has 1 aliphatic heterocycles. The number of esters is 1. The highest BCUT2D eigenvalue weighted by Gasteiger charge is 2.27. The van der Waals surface area contributed by atoms with Gasteiger partial charge in [-0.15, -0.1) is 0 Å². The molecule has 1 N–H and O–H groups in total. The van der Waals surface area contributed by atoms with Crippen LogP contribution >= 0.6 is 0 Å². The summed E-state index contributed by atoms with van der Waals surface area (Å²) in [7, 11) is 4.39. The SMILES string of the molecule is COC(=O)C[C@H](NC(=O)[C@@H]1CCCO1)c1ccc(OC)c(OC)c1. The van der Waals surface area contributed by atoms with Gasteiger partial charge in [-0.25, -0.2) is 0 Å². The second kappa shape index (κ2) is 8.54. The number of rotatable bonds is 7. The maximum atomic E-state index is 12.3. The minimum Gasteiger partial charge on any atom is -0.493 e. The average Bonchev–Trinajstić information content (AvgIpc) is 3.15. The molecule has 1 amide bonds. The third-order valence-electron chi connectivity index (χ3n) is 3.95. The predicted molar refractivity (Wildman–Crippen MR) is 86.0 cm³/mol. The van der Waals surface area contributed by atoms with Crippen molar-refractivity contribution in [3.05, 3.63) is 23.8 Å². The monoisotopic (exact) mass is 337 g/mol. The highest BCUT2D eigenvalue weighted by Crippen LogP contribution is 2.31. The standard InChI is InChI=1S/C17H23NO6/c1-21-13-7-6-11(9-15(13)22-2)12(10-16(19)23-3)18-17(20)14-5-4-8-24-14/h6-7,9,12,14H,4-5,8,10H2,1-3H3,(H,18,20)/t12-,14-/m0/s1. The number of amides is 1. The summed E-state index contributed by atoms with van der Waals surface area (Å²) < 4.78 is 20.6. The Kier molecular flexibility index (Phi) is 6.43. The summed E-state index contributed by atoms with van der Waals surface area (Å²) >= 11 is 0. The van der Waals surface area contributed by atoms with E-state index >= 15 is 0 Å². The number of carbonyl (C=O) groups is 2. The minimum absolute atomic E-state index is 0.0183. The van der Waals surface area contributed by atoms with E-state index in [0.717, 1.165) is 12.0 Å². The summed E-state index contributed by atoms with van der Waals surface area (Å²) in [6, 6.07) is 4.72. The van der Waals surface area contributed by atoms with Crippen molar-refractivity contribution in [1.29, 1.82) is 0 Å². The predicted octanol–water partition coefficient (Wildman–Crippen LogP) is 1.60. The summed E-state index contributed by atoms with van der Waals surface area (Å²) in [6.45, 7) is 0.579. The normalized spacial score (nSPS) is 17.9. The molecule has 0 aliphatic carbocycles. The van der Waals surface area contributed by atoms with Crippen molar-refractivity contribution in [2.24, 2.45) is 0 Å². The molecule has 1 heterocycles. The van der Waals surface area contributed by atoms with Crippen molar-refractivity contribution in [1.82, 2.24) is 5.32 Å². The molecule has 24 heavy (non-hydrogen) atoms. The van der Waals surface area contributed by atoms with Crippen LogP contribution in [0.3, 0.4) is 0 Å². The van der Waals surface area contributed by atoms with E-state index in [0.29, 0.717) is 24.5 Å². The Hall–Kier alpha value is -2.28. The van der Waals surface area contributed by atoms with Crippen molar-refractivity contribution in [2.75, 3.05) is 27.9 Å². The number of carbonyl (C=O) groups excluding carboxylic acids is 2. The third-order valence-corrected chi connectivity index (χ3v) is 3.95. The third kappa shape index (κ3) is 4.38. The van der Waals surface area contributed by atoms with Gasteiger partial charge in [0.1, 0.15) is 6.10 Å². The van der Waals surface area contributed by atoms with Gasteiger partial charge in [-0.2, -0.15) is 0 Å². The number of ether oxygens (including phenoxy) is 4. The van der Waals surface area contributed by atoms with Crippen LogP contribution < -0.4 is 14.8 Å². The molecule has 1 aromatic carbocycles. The smallest absolute Gasteiger partial charge is 0.307 e. The first-order valence-electron chi connectivity index (χ1n) is 7.79. The zero-order chi connectivity index (χ0) is 17.5. The number of nitrogens with one attached hydrogen (secondary N) is 1. The molecule has 0 bridgehead atoms. The molecule has 1 aromatic rings. The quantitative estimate of drug-likeness (QED) is 0.761. The van der Waals surface area contributed by atoms with Gasteiger partial charge in [-0.05, 0) is 30.5 Å². The molecule has 2 atom stereocenters. The van der Waals surface area contributed by atoms with Gasteiger partial charge in [0.2, 0.25) is 5.91 Å². The van der Waals surface area contributed by atoms with Crippen LogP contribution in [-0.4, -0.2) is 45.9 Å². The van der Waals surface area contributed by atoms with Crippen molar-refractivity contribution in [3.63, 3.8) is 0 Å². The van der Waals surface area contributed by atoms with Crippen molar-refractivity contribution >= 4 is 11.9 Å². The van der Waals surface area contributed by atoms with E-state index in [2.05, 4.69) is 5.32 Å². The summed E-state index contributed by atoms with van der Waals surface area (Å²) in [5, 5.41) is 2.87. The van der Waals surface area contributed by atoms with Crippen LogP contribution in [0.4, 0.5) is 0 Å². The Labute approximate surface area is 141 Å². The molecule has 7 heteroatoms. The van der Waals surface area contributed by atoms with E-state index in [4.69, 9.17) is 18.9 Å². The lowest BCUT2D eigenvalue weighted by Gasteiger charge is -2.21. The van der Waals surface area contributed by atoms with Crippen LogP contribution in [0.25, 0.3) is 0 Å². The van der Waals surface area contributed by atoms with E-state index in [1.807, 2.05) is 0 Å². The fourth-order valence-corrected chi connectivity index (χ4v) is 2.62. The maximum Gasteiger partial charge on any atom is 0.307 e. The lowest BCUT2D eigenvalue weighted by molar-refractivity contribution is -0.141. The molecule has 2 rings (SSSR count). The highest BCUT2D eigenvalue weighted by molar-refractivity contribution is 5.82.